The van der Waals surface area contributed by atoms with E-state index in [2.05, 4.69) is 21.7 Å². The molecule has 2 N–H and O–H groups in total. The molecule has 2 aromatic rings. The van der Waals surface area contributed by atoms with Gasteiger partial charge in [0.1, 0.15) is 5.82 Å². The summed E-state index contributed by atoms with van der Waals surface area (Å²) in [5.41, 5.74) is 1.05. The van der Waals surface area contributed by atoms with E-state index in [9.17, 15) is 9.59 Å². The second kappa shape index (κ2) is 11.8. The fourth-order valence-electron chi connectivity index (χ4n) is 5.05. The summed E-state index contributed by atoms with van der Waals surface area (Å²) in [6.45, 7) is 4.43. The normalized spacial score (nSPS) is 21.3. The summed E-state index contributed by atoms with van der Waals surface area (Å²) in [5.74, 6) is 0.828. The van der Waals surface area contributed by atoms with E-state index < -0.39 is 0 Å². The van der Waals surface area contributed by atoms with E-state index >= 15 is 0 Å². The van der Waals surface area contributed by atoms with Gasteiger partial charge in [0.25, 0.3) is 0 Å². The van der Waals surface area contributed by atoms with Crippen LogP contribution < -0.4 is 10.6 Å². The Balaban J connectivity index is 1.33. The summed E-state index contributed by atoms with van der Waals surface area (Å²) in [6.07, 6.45) is 7.22. The Bertz CT molecular complexity index is 973. The zero-order valence-electron chi connectivity index (χ0n) is 20.1. The van der Waals surface area contributed by atoms with Crippen LogP contribution in [-0.4, -0.2) is 60.0 Å². The van der Waals surface area contributed by atoms with Crippen LogP contribution in [0.5, 0.6) is 0 Å². The molecule has 0 unspecified atom stereocenters. The highest BCUT2D eigenvalue weighted by atomic mass is 32.1. The van der Waals surface area contributed by atoms with Gasteiger partial charge in [0.15, 0.2) is 5.13 Å². The molecule has 34 heavy (non-hydrogen) atoms. The van der Waals surface area contributed by atoms with Crippen LogP contribution in [-0.2, 0) is 14.3 Å². The first kappa shape index (κ1) is 24.6. The molecule has 8 nitrogen and oxygen atoms in total. The molecule has 2 aromatic heterocycles. The van der Waals surface area contributed by atoms with E-state index in [1.807, 2.05) is 30.2 Å². The van der Waals surface area contributed by atoms with Crippen LogP contribution in [0.3, 0.4) is 0 Å². The maximum absolute atomic E-state index is 13.4. The lowest BCUT2D eigenvalue weighted by Crippen LogP contribution is -2.47. The van der Waals surface area contributed by atoms with Crippen molar-refractivity contribution in [2.45, 2.75) is 51.4 Å². The molecule has 0 radical (unpaired) electrons. The van der Waals surface area contributed by atoms with Crippen molar-refractivity contribution in [1.29, 1.82) is 0 Å². The van der Waals surface area contributed by atoms with Gasteiger partial charge in [0, 0.05) is 61.3 Å². The molecule has 3 heterocycles. The van der Waals surface area contributed by atoms with Crippen LogP contribution >= 0.6 is 11.3 Å². The minimum atomic E-state index is -0.227. The number of piperidine rings is 1. The number of hydrogen-bond acceptors (Lipinski definition) is 7. The second-order valence-corrected chi connectivity index (χ2v) is 10.5. The lowest BCUT2D eigenvalue weighted by atomic mass is 9.77. The second-order valence-electron chi connectivity index (χ2n) is 9.23. The van der Waals surface area contributed by atoms with Crippen molar-refractivity contribution in [3.05, 3.63) is 35.0 Å². The number of amides is 2. The summed E-state index contributed by atoms with van der Waals surface area (Å²) in [5, 5.41) is 7.08. The lowest BCUT2D eigenvalue weighted by Gasteiger charge is -2.37. The first-order chi connectivity index (χ1) is 16.5. The standard InChI is InChI=1S/C25H35N5O3S/c1-17-16-27-25(34-17)29-22-9-5-8-21(28-22)18-10-13-30(14-11-18)24(32)20-7-4-3-6-19(20)23(31)26-12-15-33-2/h5,8-9,16,18-20H,3-4,6-7,10-15H2,1-2H3,(H,26,31)(H,27,28,29)/t19-,20+/m1/s1. The number of nitrogens with one attached hydrogen (secondary N) is 2. The summed E-state index contributed by atoms with van der Waals surface area (Å²) >= 11 is 1.61. The molecule has 4 rings (SSSR count). The zero-order chi connectivity index (χ0) is 23.9. The van der Waals surface area contributed by atoms with Crippen molar-refractivity contribution in [2.24, 2.45) is 11.8 Å². The third kappa shape index (κ3) is 6.13. The fraction of sp³-hybridized carbons (Fsp3) is 0.600. The minimum Gasteiger partial charge on any atom is -0.383 e. The Hall–Kier alpha value is -2.52. The molecule has 9 heteroatoms. The number of aromatic nitrogens is 2. The highest BCUT2D eigenvalue weighted by Gasteiger charge is 2.38. The van der Waals surface area contributed by atoms with Gasteiger partial charge in [-0.3, -0.25) is 9.59 Å². The Kier molecular flexibility index (Phi) is 8.50. The van der Waals surface area contributed by atoms with Crippen LogP contribution in [0.15, 0.2) is 24.4 Å². The number of likely N-dealkylation sites (tertiary alicyclic amines) is 1. The highest BCUT2D eigenvalue weighted by Crippen LogP contribution is 2.34. The number of nitrogens with zero attached hydrogens (tertiary/aromatic N) is 3. The average molecular weight is 486 g/mol. The number of methoxy groups -OCH3 is 1. The van der Waals surface area contributed by atoms with Gasteiger partial charge in [-0.25, -0.2) is 9.97 Å². The molecule has 0 spiro atoms. The first-order valence-corrected chi connectivity index (χ1v) is 13.1. The number of anilines is 2. The molecule has 2 aliphatic rings. The third-order valence-electron chi connectivity index (χ3n) is 6.88. The van der Waals surface area contributed by atoms with Crippen molar-refractivity contribution in [3.8, 4) is 0 Å². The Morgan fingerprint density at radius 2 is 1.91 bits per heavy atom. The van der Waals surface area contributed by atoms with Crippen molar-refractivity contribution in [2.75, 3.05) is 38.7 Å². The number of hydrogen-bond donors (Lipinski definition) is 2. The molecule has 0 aromatic carbocycles. The van der Waals surface area contributed by atoms with E-state index in [1.54, 1.807) is 18.4 Å². The van der Waals surface area contributed by atoms with Gasteiger partial charge in [0.2, 0.25) is 11.8 Å². The predicted molar refractivity (Wildman–Crippen MR) is 133 cm³/mol. The van der Waals surface area contributed by atoms with Gasteiger partial charge in [0.05, 0.1) is 6.61 Å². The van der Waals surface area contributed by atoms with Crippen LogP contribution in [0.4, 0.5) is 10.9 Å². The van der Waals surface area contributed by atoms with E-state index in [0.717, 1.165) is 60.0 Å². The predicted octanol–water partition coefficient (Wildman–Crippen LogP) is 3.87. The van der Waals surface area contributed by atoms with E-state index in [0.29, 0.717) is 32.2 Å². The number of rotatable bonds is 8. The zero-order valence-corrected chi connectivity index (χ0v) is 20.9. The van der Waals surface area contributed by atoms with Gasteiger partial charge < -0.3 is 20.3 Å². The molecule has 1 saturated carbocycles. The SMILES string of the molecule is COCCNC(=O)[C@@H]1CCCC[C@@H]1C(=O)N1CCC(c2cccc(Nc3ncc(C)s3)n2)CC1. The maximum atomic E-state index is 13.4. The molecule has 2 amide bonds. The Labute approximate surface area is 205 Å². The van der Waals surface area contributed by atoms with Crippen LogP contribution in [0.1, 0.15) is 55.0 Å². The van der Waals surface area contributed by atoms with Gasteiger partial charge in [-0.1, -0.05) is 18.9 Å². The van der Waals surface area contributed by atoms with Gasteiger partial charge in [-0.05, 0) is 44.7 Å². The maximum Gasteiger partial charge on any atom is 0.226 e. The molecule has 2 atom stereocenters. The smallest absolute Gasteiger partial charge is 0.226 e. The molecule has 1 aliphatic carbocycles. The molecule has 184 valence electrons. The summed E-state index contributed by atoms with van der Waals surface area (Å²) in [7, 11) is 1.62. The molecular formula is C25H35N5O3S. The Morgan fingerprint density at radius 1 is 1.15 bits per heavy atom. The monoisotopic (exact) mass is 485 g/mol. The van der Waals surface area contributed by atoms with Crippen molar-refractivity contribution < 1.29 is 14.3 Å². The van der Waals surface area contributed by atoms with Crippen LogP contribution in [0.25, 0.3) is 0 Å². The van der Waals surface area contributed by atoms with E-state index in [1.165, 1.54) is 0 Å². The number of pyridine rings is 1. The highest BCUT2D eigenvalue weighted by molar-refractivity contribution is 7.15. The van der Waals surface area contributed by atoms with Gasteiger partial charge in [-0.2, -0.15) is 0 Å². The van der Waals surface area contributed by atoms with Crippen molar-refractivity contribution in [1.82, 2.24) is 20.2 Å². The van der Waals surface area contributed by atoms with Crippen molar-refractivity contribution >= 4 is 34.1 Å². The molecular weight excluding hydrogens is 450 g/mol. The minimum absolute atomic E-state index is 0.00562. The topological polar surface area (TPSA) is 96.5 Å². The quantitative estimate of drug-likeness (QED) is 0.551. The molecule has 1 aliphatic heterocycles. The number of aryl methyl sites for hydroxylation is 1. The average Bonchev–Trinajstić information content (AvgIpc) is 3.28. The fourth-order valence-corrected chi connectivity index (χ4v) is 5.72. The van der Waals surface area contributed by atoms with E-state index in [-0.39, 0.29) is 23.7 Å². The molecule has 1 saturated heterocycles. The lowest BCUT2D eigenvalue weighted by molar-refractivity contribution is -0.144. The van der Waals surface area contributed by atoms with Gasteiger partial charge in [-0.15, -0.1) is 11.3 Å². The first-order valence-electron chi connectivity index (χ1n) is 12.3. The van der Waals surface area contributed by atoms with Crippen LogP contribution in [0.2, 0.25) is 0 Å². The summed E-state index contributed by atoms with van der Waals surface area (Å²) in [6, 6.07) is 6.05. The van der Waals surface area contributed by atoms with E-state index in [4.69, 9.17) is 9.72 Å². The number of ether oxygens (including phenoxy) is 1. The summed E-state index contributed by atoms with van der Waals surface area (Å²) in [4.78, 5) is 38.4. The van der Waals surface area contributed by atoms with Crippen molar-refractivity contribution in [3.63, 3.8) is 0 Å². The Morgan fingerprint density at radius 3 is 2.62 bits per heavy atom. The largest absolute Gasteiger partial charge is 0.383 e. The van der Waals surface area contributed by atoms with Gasteiger partial charge >= 0.3 is 0 Å². The third-order valence-corrected chi connectivity index (χ3v) is 7.71. The van der Waals surface area contributed by atoms with Crippen LogP contribution in [0, 0.1) is 18.8 Å². The number of carbonyl (C=O) groups is 2. The number of carbonyl (C=O) groups excluding carboxylic acids is 2. The molecule has 0 bridgehead atoms. The molecule has 2 fully saturated rings. The summed E-state index contributed by atoms with van der Waals surface area (Å²) < 4.78 is 5.03. The number of thiazole rings is 1.